The largest absolute Gasteiger partial charge is 0.423 e. The number of anilines is 2. The molecule has 4 nitrogen and oxygen atoms in total. The summed E-state index contributed by atoms with van der Waals surface area (Å²) in [5.41, 5.74) is 13.1. The Hall–Kier alpha value is -2.49. The molecule has 0 unspecified atom stereocenters. The van der Waals surface area contributed by atoms with Gasteiger partial charge in [0.15, 0.2) is 0 Å². The van der Waals surface area contributed by atoms with E-state index >= 15 is 0 Å². The predicted molar refractivity (Wildman–Crippen MR) is 73.2 cm³/mol. The molecule has 2 aromatic carbocycles. The maximum atomic E-state index is 11.4. The third kappa shape index (κ3) is 2.27. The fourth-order valence-electron chi connectivity index (χ4n) is 1.63. The summed E-state index contributed by atoms with van der Waals surface area (Å²) in [6.45, 7) is 5.12. The topological polar surface area (TPSA) is 78.3 Å². The fourth-order valence-corrected chi connectivity index (χ4v) is 1.63. The van der Waals surface area contributed by atoms with Crippen LogP contribution in [0.3, 0.4) is 0 Å². The molecule has 0 spiro atoms. The van der Waals surface area contributed by atoms with E-state index in [9.17, 15) is 4.79 Å². The van der Waals surface area contributed by atoms with E-state index in [1.807, 2.05) is 6.07 Å². The Labute approximate surface area is 105 Å². The molecule has 0 atom stereocenters. The minimum atomic E-state index is -0.468. The number of carbonyl (C=O) groups excluding carboxylic acids is 1. The third-order valence-electron chi connectivity index (χ3n) is 2.54. The number of esters is 1. The first-order valence-electron chi connectivity index (χ1n) is 5.44. The highest BCUT2D eigenvalue weighted by atomic mass is 16.5. The first-order valence-corrected chi connectivity index (χ1v) is 5.44. The van der Waals surface area contributed by atoms with E-state index in [0.717, 1.165) is 10.8 Å². The van der Waals surface area contributed by atoms with E-state index in [4.69, 9.17) is 16.2 Å². The Morgan fingerprint density at radius 2 is 1.94 bits per heavy atom. The van der Waals surface area contributed by atoms with Gasteiger partial charge in [-0.3, -0.25) is 0 Å². The van der Waals surface area contributed by atoms with Crippen molar-refractivity contribution in [1.82, 2.24) is 0 Å². The van der Waals surface area contributed by atoms with Gasteiger partial charge in [-0.25, -0.2) is 4.79 Å². The molecule has 0 radical (unpaired) electrons. The molecule has 0 bridgehead atoms. The molecule has 2 aromatic rings. The Balaban J connectivity index is 2.46. The number of hydrogen-bond donors (Lipinski definition) is 2. The molecule has 18 heavy (non-hydrogen) atoms. The second kappa shape index (κ2) is 4.41. The number of fused-ring (bicyclic) bond motifs is 1. The summed E-state index contributed by atoms with van der Waals surface area (Å²) in [6, 6.07) is 8.73. The molecule has 0 aromatic heterocycles. The molecule has 2 rings (SSSR count). The molecule has 4 N–H and O–H groups in total. The number of ether oxygens (including phenoxy) is 1. The zero-order valence-corrected chi connectivity index (χ0v) is 10.1. The van der Waals surface area contributed by atoms with Crippen molar-refractivity contribution in [3.05, 3.63) is 42.5 Å². The Bertz CT molecular complexity index is 648. The Morgan fingerprint density at radius 3 is 2.61 bits per heavy atom. The van der Waals surface area contributed by atoms with Crippen LogP contribution in [0.25, 0.3) is 10.8 Å². The van der Waals surface area contributed by atoms with E-state index < -0.39 is 5.97 Å². The van der Waals surface area contributed by atoms with E-state index in [-0.39, 0.29) is 0 Å². The standard InChI is InChI=1S/C14H14N2O2/c1-8(2)14(17)18-11-5-9-3-4-10(15)6-12(9)13(16)7-11/h3-7H,1,15-16H2,2H3. The van der Waals surface area contributed by atoms with Gasteiger partial charge in [0.2, 0.25) is 0 Å². The molecule has 0 aliphatic rings. The van der Waals surface area contributed by atoms with Crippen LogP contribution in [0.4, 0.5) is 11.4 Å². The van der Waals surface area contributed by atoms with Crippen molar-refractivity contribution >= 4 is 28.1 Å². The van der Waals surface area contributed by atoms with Gasteiger partial charge in [-0.2, -0.15) is 0 Å². The number of hydrogen-bond acceptors (Lipinski definition) is 4. The average Bonchev–Trinajstić information content (AvgIpc) is 2.30. The lowest BCUT2D eigenvalue weighted by molar-refractivity contribution is -0.130. The third-order valence-corrected chi connectivity index (χ3v) is 2.54. The van der Waals surface area contributed by atoms with Gasteiger partial charge in [0, 0.05) is 28.4 Å². The molecule has 0 amide bonds. The first-order chi connectivity index (χ1) is 8.47. The lowest BCUT2D eigenvalue weighted by Crippen LogP contribution is -2.08. The van der Waals surface area contributed by atoms with Crippen LogP contribution in [0.1, 0.15) is 6.92 Å². The van der Waals surface area contributed by atoms with E-state index in [1.54, 1.807) is 31.2 Å². The van der Waals surface area contributed by atoms with Crippen LogP contribution in [-0.2, 0) is 4.79 Å². The fraction of sp³-hybridized carbons (Fsp3) is 0.0714. The lowest BCUT2D eigenvalue weighted by atomic mass is 10.1. The van der Waals surface area contributed by atoms with Crippen molar-refractivity contribution in [2.24, 2.45) is 0 Å². The molecule has 0 saturated heterocycles. The maximum Gasteiger partial charge on any atom is 0.338 e. The summed E-state index contributed by atoms with van der Waals surface area (Å²) in [6.07, 6.45) is 0. The van der Waals surface area contributed by atoms with Gasteiger partial charge >= 0.3 is 5.97 Å². The van der Waals surface area contributed by atoms with Gasteiger partial charge < -0.3 is 16.2 Å². The molecule has 92 valence electrons. The summed E-state index contributed by atoms with van der Waals surface area (Å²) in [5.74, 6) is -0.0676. The van der Waals surface area contributed by atoms with Crippen molar-refractivity contribution in [2.45, 2.75) is 6.92 Å². The normalized spacial score (nSPS) is 10.3. The molecular weight excluding hydrogens is 228 g/mol. The van der Waals surface area contributed by atoms with Gasteiger partial charge in [0.1, 0.15) is 5.75 Å². The average molecular weight is 242 g/mol. The van der Waals surface area contributed by atoms with Gasteiger partial charge in [-0.05, 0) is 30.5 Å². The number of carbonyl (C=O) groups is 1. The van der Waals surface area contributed by atoms with Gasteiger partial charge in [-0.15, -0.1) is 0 Å². The molecule has 0 heterocycles. The second-order valence-electron chi connectivity index (χ2n) is 4.16. The molecule has 4 heteroatoms. The minimum absolute atomic E-state index is 0.339. The maximum absolute atomic E-state index is 11.4. The van der Waals surface area contributed by atoms with Gasteiger partial charge in [0.05, 0.1) is 0 Å². The van der Waals surface area contributed by atoms with Crippen LogP contribution in [0, 0.1) is 0 Å². The minimum Gasteiger partial charge on any atom is -0.423 e. The van der Waals surface area contributed by atoms with Crippen molar-refractivity contribution in [3.63, 3.8) is 0 Å². The second-order valence-corrected chi connectivity index (χ2v) is 4.16. The number of benzene rings is 2. The van der Waals surface area contributed by atoms with Crippen LogP contribution in [-0.4, -0.2) is 5.97 Å². The van der Waals surface area contributed by atoms with Crippen LogP contribution < -0.4 is 16.2 Å². The highest BCUT2D eigenvalue weighted by Gasteiger charge is 2.08. The van der Waals surface area contributed by atoms with Gasteiger partial charge in [0.25, 0.3) is 0 Å². The van der Waals surface area contributed by atoms with Crippen molar-refractivity contribution in [3.8, 4) is 5.75 Å². The zero-order valence-electron chi connectivity index (χ0n) is 10.1. The van der Waals surface area contributed by atoms with Crippen LogP contribution in [0.5, 0.6) is 5.75 Å². The van der Waals surface area contributed by atoms with Crippen molar-refractivity contribution in [2.75, 3.05) is 11.5 Å². The molecule has 0 saturated carbocycles. The quantitative estimate of drug-likeness (QED) is 0.367. The predicted octanol–water partition coefficient (Wildman–Crippen LogP) is 2.49. The highest BCUT2D eigenvalue weighted by Crippen LogP contribution is 2.29. The molecular formula is C14H14N2O2. The van der Waals surface area contributed by atoms with E-state index in [0.29, 0.717) is 22.7 Å². The number of rotatable bonds is 2. The van der Waals surface area contributed by atoms with E-state index in [1.165, 1.54) is 0 Å². The van der Waals surface area contributed by atoms with Crippen LogP contribution >= 0.6 is 0 Å². The van der Waals surface area contributed by atoms with Crippen molar-refractivity contribution in [1.29, 1.82) is 0 Å². The first kappa shape index (κ1) is 12.0. The summed E-state index contributed by atoms with van der Waals surface area (Å²) >= 11 is 0. The van der Waals surface area contributed by atoms with Crippen LogP contribution in [0.2, 0.25) is 0 Å². The number of nitrogens with two attached hydrogens (primary N) is 2. The van der Waals surface area contributed by atoms with E-state index in [2.05, 4.69) is 6.58 Å². The van der Waals surface area contributed by atoms with Crippen molar-refractivity contribution < 1.29 is 9.53 Å². The van der Waals surface area contributed by atoms with Crippen LogP contribution in [0.15, 0.2) is 42.5 Å². The lowest BCUT2D eigenvalue weighted by Gasteiger charge is -2.08. The highest BCUT2D eigenvalue weighted by molar-refractivity contribution is 5.97. The molecule has 0 aliphatic carbocycles. The van der Waals surface area contributed by atoms with Gasteiger partial charge in [-0.1, -0.05) is 12.6 Å². The summed E-state index contributed by atoms with van der Waals surface area (Å²) in [5, 5.41) is 1.71. The Morgan fingerprint density at radius 1 is 1.22 bits per heavy atom. The monoisotopic (exact) mass is 242 g/mol. The Kier molecular flexibility index (Phi) is 2.93. The summed E-state index contributed by atoms with van der Waals surface area (Å²) < 4.78 is 5.15. The molecule has 0 aliphatic heterocycles. The summed E-state index contributed by atoms with van der Waals surface area (Å²) in [7, 11) is 0. The smallest absolute Gasteiger partial charge is 0.338 e. The molecule has 0 fully saturated rings. The summed E-state index contributed by atoms with van der Waals surface area (Å²) in [4.78, 5) is 11.4. The number of nitrogen functional groups attached to an aromatic ring is 2. The SMILES string of the molecule is C=C(C)C(=O)Oc1cc(N)c2cc(N)ccc2c1. The zero-order chi connectivity index (χ0) is 13.3.